The third kappa shape index (κ3) is 2.99. The molecule has 84 valence electrons. The monoisotopic (exact) mass is 218 g/mol. The van der Waals surface area contributed by atoms with Crippen molar-refractivity contribution in [2.24, 2.45) is 0 Å². The van der Waals surface area contributed by atoms with Crippen molar-refractivity contribution in [1.29, 1.82) is 0 Å². The molecule has 2 heterocycles. The third-order valence-electron chi connectivity index (χ3n) is 1.81. The van der Waals surface area contributed by atoms with Gasteiger partial charge in [-0.2, -0.15) is 0 Å². The van der Waals surface area contributed by atoms with E-state index in [1.165, 1.54) is 0 Å². The smallest absolute Gasteiger partial charge is 0.227 e. The second-order valence-electron chi connectivity index (χ2n) is 2.94. The zero-order valence-corrected chi connectivity index (χ0v) is 7.96. The molecule has 0 atom stereocenters. The Balaban J connectivity index is 0.00000128. The number of aliphatic hydroxyl groups is 1. The summed E-state index contributed by atoms with van der Waals surface area (Å²) in [4.78, 5) is 12.0. The van der Waals surface area contributed by atoms with Crippen molar-refractivity contribution < 1.29 is 5.11 Å². The summed E-state index contributed by atoms with van der Waals surface area (Å²) in [5.41, 5.74) is 1.51. The summed E-state index contributed by atoms with van der Waals surface area (Å²) in [5.74, 6) is 0.486. The van der Waals surface area contributed by atoms with Crippen LogP contribution >= 0.6 is 0 Å². The maximum absolute atomic E-state index is 8.81. The number of rotatable bonds is 3. The van der Waals surface area contributed by atoms with Gasteiger partial charge in [0, 0.05) is 24.2 Å². The quantitative estimate of drug-likeness (QED) is 0.821. The molecule has 0 aliphatic carbocycles. The van der Waals surface area contributed by atoms with E-state index in [2.05, 4.69) is 20.3 Å². The van der Waals surface area contributed by atoms with Crippen LogP contribution in [0.1, 0.15) is 13.0 Å². The van der Waals surface area contributed by atoms with Crippen molar-refractivity contribution in [3.8, 4) is 0 Å². The molecule has 0 aliphatic heterocycles. The molecule has 16 heavy (non-hydrogen) atoms. The highest BCUT2D eigenvalue weighted by Crippen LogP contribution is 2.09. The van der Waals surface area contributed by atoms with E-state index in [-0.39, 0.29) is 14.0 Å². The summed E-state index contributed by atoms with van der Waals surface area (Å²) in [6, 6.07) is 3.70. The molecule has 0 saturated carbocycles. The molecular weight excluding hydrogens is 204 g/mol. The molecule has 0 spiro atoms. The van der Waals surface area contributed by atoms with Gasteiger partial charge in [0.2, 0.25) is 5.95 Å². The molecule has 0 fully saturated rings. The molecule has 0 bridgehead atoms. The van der Waals surface area contributed by atoms with E-state index in [1.807, 2.05) is 12.1 Å². The van der Waals surface area contributed by atoms with E-state index in [9.17, 15) is 0 Å². The number of hydrogen-bond acceptors (Lipinski definition) is 5. The average molecular weight is 218 g/mol. The fraction of sp³-hybridized carbons (Fsp3) is 0.182. The molecule has 0 radical (unpaired) electrons. The number of pyridine rings is 1. The zero-order valence-electron chi connectivity index (χ0n) is 7.96. The van der Waals surface area contributed by atoms with Gasteiger partial charge in [0.15, 0.2) is 0 Å². The molecule has 0 unspecified atom stereocenters. The summed E-state index contributed by atoms with van der Waals surface area (Å²) in [5, 5.41) is 11.8. The summed E-state index contributed by atoms with van der Waals surface area (Å²) in [6.45, 7) is -0.0484. The largest absolute Gasteiger partial charge is 0.392 e. The van der Waals surface area contributed by atoms with Gasteiger partial charge in [0.25, 0.3) is 0 Å². The molecular formula is C11H14N4O. The second kappa shape index (κ2) is 5.77. The number of anilines is 2. The SMILES string of the molecule is C.OCc1cnc(Nc2cccnc2)nc1. The first kappa shape index (κ1) is 12.1. The standard InChI is InChI=1S/C10H10N4O.CH4/c15-7-8-4-12-10(13-5-8)14-9-2-1-3-11-6-9;/h1-6,15H,7H2,(H,12,13,14);1H4. The number of hydrogen-bond donors (Lipinski definition) is 2. The maximum atomic E-state index is 8.81. The van der Waals surface area contributed by atoms with Crippen LogP contribution in [0, 0.1) is 0 Å². The topological polar surface area (TPSA) is 70.9 Å². The lowest BCUT2D eigenvalue weighted by Crippen LogP contribution is -1.98. The predicted molar refractivity (Wildman–Crippen MR) is 62.2 cm³/mol. The van der Waals surface area contributed by atoms with Gasteiger partial charge in [-0.05, 0) is 12.1 Å². The van der Waals surface area contributed by atoms with Gasteiger partial charge < -0.3 is 10.4 Å². The van der Waals surface area contributed by atoms with E-state index >= 15 is 0 Å². The Hall–Kier alpha value is -2.01. The van der Waals surface area contributed by atoms with Gasteiger partial charge >= 0.3 is 0 Å². The fourth-order valence-corrected chi connectivity index (χ4v) is 1.07. The van der Waals surface area contributed by atoms with Crippen molar-refractivity contribution >= 4 is 11.6 Å². The highest BCUT2D eigenvalue weighted by atomic mass is 16.3. The molecule has 5 nitrogen and oxygen atoms in total. The average Bonchev–Trinajstić information content (AvgIpc) is 2.31. The summed E-state index contributed by atoms with van der Waals surface area (Å²) in [6.07, 6.45) is 6.53. The first-order chi connectivity index (χ1) is 7.38. The molecule has 0 aliphatic rings. The third-order valence-corrected chi connectivity index (χ3v) is 1.81. The number of nitrogens with one attached hydrogen (secondary N) is 1. The fourth-order valence-electron chi connectivity index (χ4n) is 1.07. The van der Waals surface area contributed by atoms with Crippen LogP contribution in [0.2, 0.25) is 0 Å². The number of nitrogens with zero attached hydrogens (tertiary/aromatic N) is 3. The van der Waals surface area contributed by atoms with Gasteiger partial charge in [0.05, 0.1) is 18.5 Å². The maximum Gasteiger partial charge on any atom is 0.227 e. The van der Waals surface area contributed by atoms with E-state index in [0.717, 1.165) is 5.69 Å². The van der Waals surface area contributed by atoms with Crippen molar-refractivity contribution in [2.75, 3.05) is 5.32 Å². The molecule has 2 aromatic heterocycles. The summed E-state index contributed by atoms with van der Waals surface area (Å²) < 4.78 is 0. The number of aromatic nitrogens is 3. The van der Waals surface area contributed by atoms with Crippen LogP contribution < -0.4 is 5.32 Å². The first-order valence-electron chi connectivity index (χ1n) is 4.47. The van der Waals surface area contributed by atoms with E-state index < -0.39 is 0 Å². The van der Waals surface area contributed by atoms with Gasteiger partial charge in [-0.1, -0.05) is 7.43 Å². The van der Waals surface area contributed by atoms with Gasteiger partial charge in [-0.25, -0.2) is 9.97 Å². The van der Waals surface area contributed by atoms with Crippen LogP contribution in [0.4, 0.5) is 11.6 Å². The lowest BCUT2D eigenvalue weighted by molar-refractivity contribution is 0.281. The van der Waals surface area contributed by atoms with Crippen LogP contribution in [0.3, 0.4) is 0 Å². The van der Waals surface area contributed by atoms with Crippen LogP contribution in [0.25, 0.3) is 0 Å². The highest BCUT2D eigenvalue weighted by molar-refractivity contribution is 5.50. The van der Waals surface area contributed by atoms with Crippen molar-refractivity contribution in [2.45, 2.75) is 14.0 Å². The molecule has 0 amide bonds. The Kier molecular flexibility index (Phi) is 4.35. The van der Waals surface area contributed by atoms with Crippen LogP contribution in [-0.2, 0) is 6.61 Å². The van der Waals surface area contributed by atoms with Gasteiger partial charge in [0.1, 0.15) is 0 Å². The van der Waals surface area contributed by atoms with Gasteiger partial charge in [-0.3, -0.25) is 4.98 Å². The van der Waals surface area contributed by atoms with Crippen LogP contribution in [0.5, 0.6) is 0 Å². The van der Waals surface area contributed by atoms with E-state index in [4.69, 9.17) is 5.11 Å². The summed E-state index contributed by atoms with van der Waals surface area (Å²) >= 11 is 0. The molecule has 0 aromatic carbocycles. The van der Waals surface area contributed by atoms with Crippen molar-refractivity contribution in [3.05, 3.63) is 42.5 Å². The molecule has 2 N–H and O–H groups in total. The molecule has 0 saturated heterocycles. The number of aliphatic hydroxyl groups excluding tert-OH is 1. The Morgan fingerprint density at radius 3 is 2.50 bits per heavy atom. The van der Waals surface area contributed by atoms with E-state index in [1.54, 1.807) is 24.8 Å². The lowest BCUT2D eigenvalue weighted by Gasteiger charge is -2.03. The molecule has 5 heteroatoms. The molecule has 2 aromatic rings. The minimum atomic E-state index is -0.0484. The predicted octanol–water partition coefficient (Wildman–Crippen LogP) is 1.74. The lowest BCUT2D eigenvalue weighted by atomic mass is 10.4. The van der Waals surface area contributed by atoms with Crippen molar-refractivity contribution in [1.82, 2.24) is 15.0 Å². The van der Waals surface area contributed by atoms with Crippen molar-refractivity contribution in [3.63, 3.8) is 0 Å². The van der Waals surface area contributed by atoms with Crippen LogP contribution in [-0.4, -0.2) is 20.1 Å². The second-order valence-corrected chi connectivity index (χ2v) is 2.94. The normalized spacial score (nSPS) is 9.31. The molecule has 2 rings (SSSR count). The first-order valence-corrected chi connectivity index (χ1v) is 4.47. The highest BCUT2D eigenvalue weighted by Gasteiger charge is 1.97. The Bertz CT molecular complexity index is 416. The van der Waals surface area contributed by atoms with Crippen LogP contribution in [0.15, 0.2) is 36.9 Å². The Labute approximate surface area is 94.2 Å². The minimum Gasteiger partial charge on any atom is -0.392 e. The summed E-state index contributed by atoms with van der Waals surface area (Å²) in [7, 11) is 0. The Morgan fingerprint density at radius 2 is 1.94 bits per heavy atom. The zero-order chi connectivity index (χ0) is 10.5. The minimum absolute atomic E-state index is 0. The van der Waals surface area contributed by atoms with Gasteiger partial charge in [-0.15, -0.1) is 0 Å². The van der Waals surface area contributed by atoms with E-state index in [0.29, 0.717) is 11.5 Å². The Morgan fingerprint density at radius 1 is 1.19 bits per heavy atom.